The molecule has 13 heteroatoms. The number of hydrogen-bond donors (Lipinski definition) is 2. The number of nitrogens with one attached hydrogen (secondary N) is 1. The van der Waals surface area contributed by atoms with Gasteiger partial charge in [-0.05, 0) is 55.4 Å². The quantitative estimate of drug-likeness (QED) is 0.361. The van der Waals surface area contributed by atoms with Crippen molar-refractivity contribution in [1.29, 1.82) is 0 Å². The van der Waals surface area contributed by atoms with Crippen LogP contribution in [0.2, 0.25) is 0 Å². The number of anilines is 1. The molecule has 0 saturated heterocycles. The Morgan fingerprint density at radius 2 is 1.78 bits per heavy atom. The van der Waals surface area contributed by atoms with E-state index in [1.807, 2.05) is 0 Å². The summed E-state index contributed by atoms with van der Waals surface area (Å²) < 4.78 is 90.8. The highest BCUT2D eigenvalue weighted by atomic mass is 32.2. The SMILES string of the molecule is COc1cc(C(=O)O)c(F)cc1NS(=O)(=O)c1coc(-c2ccc([C@H]3CC[C@H](C(F)(F)F)CC3)cc2)n1. The first-order valence-electron chi connectivity index (χ1n) is 11.1. The van der Waals surface area contributed by atoms with Gasteiger partial charge in [0.1, 0.15) is 17.8 Å². The number of oxazole rings is 1. The van der Waals surface area contributed by atoms with E-state index in [0.29, 0.717) is 24.5 Å². The number of rotatable bonds is 7. The van der Waals surface area contributed by atoms with Crippen LogP contribution >= 0.6 is 0 Å². The number of nitrogens with zero attached hydrogens (tertiary/aromatic N) is 1. The van der Waals surface area contributed by atoms with E-state index in [1.54, 1.807) is 24.3 Å². The number of carboxylic acids is 1. The normalized spacial score (nSPS) is 18.4. The molecule has 8 nitrogen and oxygen atoms in total. The first-order chi connectivity index (χ1) is 17.4. The van der Waals surface area contributed by atoms with Crippen molar-refractivity contribution in [1.82, 2.24) is 4.98 Å². The minimum atomic E-state index is -4.37. The Kier molecular flexibility index (Phi) is 7.18. The highest BCUT2D eigenvalue weighted by Gasteiger charge is 2.41. The molecule has 198 valence electrons. The molecule has 0 radical (unpaired) electrons. The average molecular weight is 543 g/mol. The van der Waals surface area contributed by atoms with Crippen molar-refractivity contribution >= 4 is 21.7 Å². The van der Waals surface area contributed by atoms with Crippen LogP contribution in [0.4, 0.5) is 23.2 Å². The maximum Gasteiger partial charge on any atom is 0.391 e. The Balaban J connectivity index is 1.49. The van der Waals surface area contributed by atoms with Gasteiger partial charge in [-0.2, -0.15) is 26.6 Å². The van der Waals surface area contributed by atoms with E-state index in [9.17, 15) is 30.8 Å². The van der Waals surface area contributed by atoms with Gasteiger partial charge in [0.2, 0.25) is 10.9 Å². The summed E-state index contributed by atoms with van der Waals surface area (Å²) in [7, 11) is -3.20. The predicted molar refractivity (Wildman–Crippen MR) is 123 cm³/mol. The van der Waals surface area contributed by atoms with Gasteiger partial charge in [0.25, 0.3) is 10.0 Å². The van der Waals surface area contributed by atoms with Crippen LogP contribution in [0.3, 0.4) is 0 Å². The van der Waals surface area contributed by atoms with Crippen LogP contribution in [0.25, 0.3) is 11.5 Å². The molecule has 1 aliphatic carbocycles. The van der Waals surface area contributed by atoms with E-state index in [4.69, 9.17) is 14.3 Å². The molecule has 1 aromatic heterocycles. The number of alkyl halides is 3. The highest BCUT2D eigenvalue weighted by Crippen LogP contribution is 2.43. The molecule has 1 saturated carbocycles. The van der Waals surface area contributed by atoms with E-state index in [2.05, 4.69) is 9.71 Å². The summed E-state index contributed by atoms with van der Waals surface area (Å²) in [6, 6.07) is 8.32. The summed E-state index contributed by atoms with van der Waals surface area (Å²) in [6.45, 7) is 0. The number of carbonyl (C=O) groups is 1. The van der Waals surface area contributed by atoms with Crippen molar-refractivity contribution in [3.05, 3.63) is 59.6 Å². The van der Waals surface area contributed by atoms with E-state index in [-0.39, 0.29) is 36.1 Å². The molecule has 2 N–H and O–H groups in total. The Morgan fingerprint density at radius 1 is 1.14 bits per heavy atom. The third kappa shape index (κ3) is 5.71. The molecule has 0 spiro atoms. The number of aromatic carboxylic acids is 1. The fourth-order valence-electron chi connectivity index (χ4n) is 4.33. The molecule has 0 unspecified atom stereocenters. The van der Waals surface area contributed by atoms with E-state index < -0.39 is 44.5 Å². The molecule has 0 amide bonds. The van der Waals surface area contributed by atoms with Crippen molar-refractivity contribution in [3.8, 4) is 17.2 Å². The smallest absolute Gasteiger partial charge is 0.391 e. The van der Waals surface area contributed by atoms with Crippen LogP contribution in [-0.4, -0.2) is 37.8 Å². The number of hydrogen-bond acceptors (Lipinski definition) is 6. The Labute approximate surface area is 209 Å². The third-order valence-electron chi connectivity index (χ3n) is 6.34. The first kappa shape index (κ1) is 26.5. The fourth-order valence-corrected chi connectivity index (χ4v) is 5.26. The molecule has 1 aliphatic rings. The van der Waals surface area contributed by atoms with Crippen molar-refractivity contribution in [2.75, 3.05) is 11.8 Å². The van der Waals surface area contributed by atoms with Crippen LogP contribution in [0.15, 0.2) is 52.1 Å². The number of benzene rings is 2. The highest BCUT2D eigenvalue weighted by molar-refractivity contribution is 7.92. The first-order valence-corrected chi connectivity index (χ1v) is 12.6. The molecule has 3 aromatic rings. The lowest BCUT2D eigenvalue weighted by Crippen LogP contribution is -2.27. The standard InChI is InChI=1S/C24H22F4N2O6S/c1-35-20-10-17(23(31)32)18(25)11-19(20)30-37(33,34)21-12-36-22(29-21)15-4-2-13(3-5-15)14-6-8-16(9-7-14)24(26,27)28/h2-5,10-12,14,16,30H,6-9H2,1H3,(H,31,32)/t14-,16-. The number of carboxylic acid groups (broad SMARTS) is 1. The van der Waals surface area contributed by atoms with Gasteiger partial charge in [-0.15, -0.1) is 0 Å². The van der Waals surface area contributed by atoms with Gasteiger partial charge in [0, 0.05) is 11.6 Å². The molecule has 0 aliphatic heterocycles. The van der Waals surface area contributed by atoms with Gasteiger partial charge in [0.15, 0.2) is 0 Å². The number of aromatic nitrogens is 1. The topological polar surface area (TPSA) is 119 Å². The zero-order valence-electron chi connectivity index (χ0n) is 19.4. The molecule has 0 bridgehead atoms. The number of sulfonamides is 1. The maximum atomic E-state index is 14.1. The Hall–Kier alpha value is -3.61. The van der Waals surface area contributed by atoms with Crippen LogP contribution < -0.4 is 9.46 Å². The molecular formula is C24H22F4N2O6S. The van der Waals surface area contributed by atoms with Crippen LogP contribution in [0, 0.1) is 11.7 Å². The second kappa shape index (κ2) is 10.0. The van der Waals surface area contributed by atoms with Gasteiger partial charge in [0.05, 0.1) is 24.3 Å². The third-order valence-corrected chi connectivity index (χ3v) is 7.57. The monoisotopic (exact) mass is 542 g/mol. The van der Waals surface area contributed by atoms with Crippen LogP contribution in [0.1, 0.15) is 47.5 Å². The number of ether oxygens (including phenoxy) is 1. The van der Waals surface area contributed by atoms with Gasteiger partial charge >= 0.3 is 12.1 Å². The molecular weight excluding hydrogens is 520 g/mol. The predicted octanol–water partition coefficient (Wildman–Crippen LogP) is 5.82. The lowest BCUT2D eigenvalue weighted by molar-refractivity contribution is -0.182. The molecule has 4 rings (SSSR count). The van der Waals surface area contributed by atoms with Gasteiger partial charge in [-0.1, -0.05) is 12.1 Å². The summed E-state index contributed by atoms with van der Waals surface area (Å²) >= 11 is 0. The second-order valence-corrected chi connectivity index (χ2v) is 10.3. The van der Waals surface area contributed by atoms with Crippen molar-refractivity contribution in [2.24, 2.45) is 5.92 Å². The number of halogens is 4. The van der Waals surface area contributed by atoms with Crippen molar-refractivity contribution in [2.45, 2.75) is 42.8 Å². The lowest BCUT2D eigenvalue weighted by Gasteiger charge is -2.30. The zero-order chi connectivity index (χ0) is 27.0. The molecule has 37 heavy (non-hydrogen) atoms. The minimum Gasteiger partial charge on any atom is -0.495 e. The summed E-state index contributed by atoms with van der Waals surface area (Å²) in [5.74, 6) is -4.22. The average Bonchev–Trinajstić information content (AvgIpc) is 3.35. The van der Waals surface area contributed by atoms with Gasteiger partial charge in [-0.3, -0.25) is 4.72 Å². The molecule has 0 atom stereocenters. The van der Waals surface area contributed by atoms with Gasteiger partial charge in [-0.25, -0.2) is 9.18 Å². The van der Waals surface area contributed by atoms with E-state index >= 15 is 0 Å². The van der Waals surface area contributed by atoms with Crippen molar-refractivity contribution in [3.63, 3.8) is 0 Å². The summed E-state index contributed by atoms with van der Waals surface area (Å²) in [5.41, 5.74) is 0.299. The summed E-state index contributed by atoms with van der Waals surface area (Å²) in [4.78, 5) is 15.1. The Bertz CT molecular complexity index is 1400. The Morgan fingerprint density at radius 3 is 2.35 bits per heavy atom. The zero-order valence-corrected chi connectivity index (χ0v) is 20.2. The largest absolute Gasteiger partial charge is 0.495 e. The number of methoxy groups -OCH3 is 1. The minimum absolute atomic E-state index is 0.000222. The summed E-state index contributed by atoms with van der Waals surface area (Å²) in [6.07, 6.45) is -2.27. The van der Waals surface area contributed by atoms with Crippen LogP contribution in [0.5, 0.6) is 5.75 Å². The molecule has 1 fully saturated rings. The fraction of sp³-hybridized carbons (Fsp3) is 0.333. The summed E-state index contributed by atoms with van der Waals surface area (Å²) in [5, 5.41) is 8.52. The lowest BCUT2D eigenvalue weighted by atomic mass is 9.78. The molecule has 2 aromatic carbocycles. The second-order valence-electron chi connectivity index (χ2n) is 8.65. The van der Waals surface area contributed by atoms with Crippen molar-refractivity contribution < 1.29 is 45.0 Å². The van der Waals surface area contributed by atoms with Crippen LogP contribution in [-0.2, 0) is 10.0 Å². The maximum absolute atomic E-state index is 14.1. The molecule has 1 heterocycles. The van der Waals surface area contributed by atoms with E-state index in [0.717, 1.165) is 25.0 Å². The van der Waals surface area contributed by atoms with E-state index in [1.165, 1.54) is 0 Å². The van der Waals surface area contributed by atoms with Gasteiger partial charge < -0.3 is 14.3 Å².